The SMILES string of the molecule is COc1cc(N(CCCN)c2ccccc2)ncn1. The standard InChI is InChI=1S/C14H18N4O/c1-19-14-10-13(16-11-17-14)18(9-5-8-15)12-6-3-2-4-7-12/h2-4,6-7,10-11H,5,8-9,15H2,1H3. The largest absolute Gasteiger partial charge is 0.481 e. The smallest absolute Gasteiger partial charge is 0.218 e. The number of ether oxygens (including phenoxy) is 1. The van der Waals surface area contributed by atoms with Gasteiger partial charge in [0.25, 0.3) is 0 Å². The predicted molar refractivity (Wildman–Crippen MR) is 75.7 cm³/mol. The quantitative estimate of drug-likeness (QED) is 0.858. The number of para-hydroxylation sites is 1. The van der Waals surface area contributed by atoms with E-state index in [0.29, 0.717) is 12.4 Å². The number of rotatable bonds is 6. The zero-order chi connectivity index (χ0) is 13.5. The molecular weight excluding hydrogens is 240 g/mol. The van der Waals surface area contributed by atoms with E-state index in [-0.39, 0.29) is 0 Å². The minimum absolute atomic E-state index is 0.554. The van der Waals surface area contributed by atoms with E-state index in [1.54, 1.807) is 7.11 Å². The molecule has 0 unspecified atom stereocenters. The molecule has 0 fully saturated rings. The van der Waals surface area contributed by atoms with Gasteiger partial charge in [-0.1, -0.05) is 18.2 Å². The molecule has 1 heterocycles. The summed E-state index contributed by atoms with van der Waals surface area (Å²) in [7, 11) is 1.60. The molecule has 0 saturated heterocycles. The third-order valence-electron chi connectivity index (χ3n) is 2.77. The molecule has 2 aromatic rings. The molecule has 0 spiro atoms. The maximum absolute atomic E-state index is 5.60. The van der Waals surface area contributed by atoms with E-state index in [9.17, 15) is 0 Å². The Labute approximate surface area is 113 Å². The van der Waals surface area contributed by atoms with Crippen LogP contribution >= 0.6 is 0 Å². The van der Waals surface area contributed by atoms with E-state index in [4.69, 9.17) is 10.5 Å². The summed E-state index contributed by atoms with van der Waals surface area (Å²) >= 11 is 0. The molecule has 0 saturated carbocycles. The Morgan fingerprint density at radius 2 is 2.00 bits per heavy atom. The van der Waals surface area contributed by atoms with Crippen LogP contribution in [0, 0.1) is 0 Å². The van der Waals surface area contributed by atoms with Gasteiger partial charge in [-0.2, -0.15) is 0 Å². The van der Waals surface area contributed by atoms with Gasteiger partial charge in [0.05, 0.1) is 7.11 Å². The third-order valence-corrected chi connectivity index (χ3v) is 2.77. The first kappa shape index (κ1) is 13.3. The molecule has 5 nitrogen and oxygen atoms in total. The molecule has 1 aromatic carbocycles. The highest BCUT2D eigenvalue weighted by Crippen LogP contribution is 2.24. The van der Waals surface area contributed by atoms with Crippen LogP contribution < -0.4 is 15.4 Å². The van der Waals surface area contributed by atoms with Gasteiger partial charge >= 0.3 is 0 Å². The van der Waals surface area contributed by atoms with E-state index in [0.717, 1.165) is 24.5 Å². The second-order valence-corrected chi connectivity index (χ2v) is 4.05. The third kappa shape index (κ3) is 3.42. The van der Waals surface area contributed by atoms with E-state index < -0.39 is 0 Å². The fourth-order valence-corrected chi connectivity index (χ4v) is 1.82. The summed E-state index contributed by atoms with van der Waals surface area (Å²) < 4.78 is 5.14. The molecule has 0 amide bonds. The topological polar surface area (TPSA) is 64.3 Å². The van der Waals surface area contributed by atoms with Gasteiger partial charge in [0, 0.05) is 18.3 Å². The van der Waals surface area contributed by atoms with Crippen molar-refractivity contribution in [3.63, 3.8) is 0 Å². The number of anilines is 2. The van der Waals surface area contributed by atoms with Gasteiger partial charge in [-0.3, -0.25) is 0 Å². The van der Waals surface area contributed by atoms with Crippen LogP contribution in [0.2, 0.25) is 0 Å². The van der Waals surface area contributed by atoms with E-state index in [1.165, 1.54) is 6.33 Å². The number of hydrogen-bond donors (Lipinski definition) is 1. The molecule has 0 aliphatic carbocycles. The first-order valence-corrected chi connectivity index (χ1v) is 6.24. The Balaban J connectivity index is 2.31. The van der Waals surface area contributed by atoms with Crippen LogP contribution in [0.5, 0.6) is 5.88 Å². The fourth-order valence-electron chi connectivity index (χ4n) is 1.82. The molecule has 1 aromatic heterocycles. The van der Waals surface area contributed by atoms with Crippen LogP contribution in [-0.2, 0) is 0 Å². The van der Waals surface area contributed by atoms with Crippen LogP contribution in [0.4, 0.5) is 11.5 Å². The Hall–Kier alpha value is -2.14. The molecule has 19 heavy (non-hydrogen) atoms. The second-order valence-electron chi connectivity index (χ2n) is 4.05. The Morgan fingerprint density at radius 1 is 1.21 bits per heavy atom. The van der Waals surface area contributed by atoms with Crippen LogP contribution in [-0.4, -0.2) is 30.2 Å². The molecule has 0 radical (unpaired) electrons. The first-order valence-electron chi connectivity index (χ1n) is 6.24. The number of nitrogens with zero attached hydrogens (tertiary/aromatic N) is 3. The van der Waals surface area contributed by atoms with E-state index >= 15 is 0 Å². The maximum atomic E-state index is 5.60. The number of aromatic nitrogens is 2. The van der Waals surface area contributed by atoms with Gasteiger partial charge < -0.3 is 15.4 Å². The molecule has 0 aliphatic heterocycles. The minimum Gasteiger partial charge on any atom is -0.481 e. The lowest BCUT2D eigenvalue weighted by molar-refractivity contribution is 0.397. The molecule has 100 valence electrons. The molecule has 0 bridgehead atoms. The maximum Gasteiger partial charge on any atom is 0.218 e. The van der Waals surface area contributed by atoms with Crippen LogP contribution in [0.1, 0.15) is 6.42 Å². The number of nitrogens with two attached hydrogens (primary N) is 1. The zero-order valence-corrected chi connectivity index (χ0v) is 11.0. The minimum atomic E-state index is 0.554. The van der Waals surface area contributed by atoms with Gasteiger partial charge in [0.1, 0.15) is 12.1 Å². The van der Waals surface area contributed by atoms with Crippen LogP contribution in [0.25, 0.3) is 0 Å². The fraction of sp³-hybridized carbons (Fsp3) is 0.286. The monoisotopic (exact) mass is 258 g/mol. The van der Waals surface area contributed by atoms with Crippen molar-refractivity contribution in [2.75, 3.05) is 25.1 Å². The Morgan fingerprint density at radius 3 is 2.68 bits per heavy atom. The Bertz CT molecular complexity index is 504. The summed E-state index contributed by atoms with van der Waals surface area (Å²) in [6.07, 6.45) is 2.40. The lowest BCUT2D eigenvalue weighted by Crippen LogP contribution is -2.22. The summed E-state index contributed by atoms with van der Waals surface area (Å²) in [5.41, 5.74) is 6.69. The summed E-state index contributed by atoms with van der Waals surface area (Å²) in [5, 5.41) is 0. The molecule has 2 rings (SSSR count). The summed E-state index contributed by atoms with van der Waals surface area (Å²) in [6, 6.07) is 11.9. The highest BCUT2D eigenvalue weighted by atomic mass is 16.5. The van der Waals surface area contributed by atoms with Crippen LogP contribution in [0.3, 0.4) is 0 Å². The van der Waals surface area contributed by atoms with Gasteiger partial charge in [0.15, 0.2) is 0 Å². The first-order chi connectivity index (χ1) is 9.35. The van der Waals surface area contributed by atoms with Gasteiger partial charge in [-0.25, -0.2) is 9.97 Å². The van der Waals surface area contributed by atoms with Crippen molar-refractivity contribution < 1.29 is 4.74 Å². The van der Waals surface area contributed by atoms with Gasteiger partial charge in [-0.15, -0.1) is 0 Å². The van der Waals surface area contributed by atoms with Gasteiger partial charge in [0.2, 0.25) is 5.88 Å². The second kappa shape index (κ2) is 6.70. The van der Waals surface area contributed by atoms with E-state index in [1.807, 2.05) is 36.4 Å². The van der Waals surface area contributed by atoms with Crippen molar-refractivity contribution in [3.05, 3.63) is 42.7 Å². The van der Waals surface area contributed by atoms with Crippen molar-refractivity contribution in [3.8, 4) is 5.88 Å². The molecule has 5 heteroatoms. The molecule has 2 N–H and O–H groups in total. The van der Waals surface area contributed by atoms with Crippen molar-refractivity contribution in [1.82, 2.24) is 9.97 Å². The zero-order valence-electron chi connectivity index (χ0n) is 11.0. The summed E-state index contributed by atoms with van der Waals surface area (Å²) in [4.78, 5) is 10.4. The lowest BCUT2D eigenvalue weighted by Gasteiger charge is -2.23. The molecule has 0 aliphatic rings. The summed E-state index contributed by atoms with van der Waals surface area (Å²) in [6.45, 7) is 1.45. The van der Waals surface area contributed by atoms with Crippen molar-refractivity contribution in [2.24, 2.45) is 5.73 Å². The Kier molecular flexibility index (Phi) is 4.69. The number of methoxy groups -OCH3 is 1. The van der Waals surface area contributed by atoms with Crippen LogP contribution in [0.15, 0.2) is 42.7 Å². The highest BCUT2D eigenvalue weighted by Gasteiger charge is 2.11. The normalized spacial score (nSPS) is 10.2. The van der Waals surface area contributed by atoms with Gasteiger partial charge in [-0.05, 0) is 25.1 Å². The molecule has 0 atom stereocenters. The predicted octanol–water partition coefficient (Wildman–Crippen LogP) is 1.97. The number of hydrogen-bond acceptors (Lipinski definition) is 5. The number of benzene rings is 1. The summed E-state index contributed by atoms with van der Waals surface area (Å²) in [5.74, 6) is 1.37. The lowest BCUT2D eigenvalue weighted by atomic mass is 10.2. The highest BCUT2D eigenvalue weighted by molar-refractivity contribution is 5.60. The van der Waals surface area contributed by atoms with Crippen molar-refractivity contribution in [1.29, 1.82) is 0 Å². The van der Waals surface area contributed by atoms with Crippen molar-refractivity contribution >= 4 is 11.5 Å². The van der Waals surface area contributed by atoms with Crippen molar-refractivity contribution in [2.45, 2.75) is 6.42 Å². The average Bonchev–Trinajstić information content (AvgIpc) is 2.49. The molecular formula is C14H18N4O. The van der Waals surface area contributed by atoms with E-state index in [2.05, 4.69) is 14.9 Å². The average molecular weight is 258 g/mol.